The fraction of sp³-hybridized carbons (Fsp3) is 0.258. The van der Waals surface area contributed by atoms with Crippen LogP contribution in [0.25, 0.3) is 44.4 Å². The standard InChI is InChI=1S/C31H32N6O/c1-3-20-12-13-37(29(38)18-32-2)30(20)31-34-17-28(36-31)22-6-4-21(5-7-22)23-8-9-25-15-26(11-10-24(25)14-23)27-16-33-19-35-27/h4-11,14-17,19-20,30,32H,3,12-13,18H2,1-2H3,(H,33,35)(H,34,36)/t20-,30+/m1/s1. The summed E-state index contributed by atoms with van der Waals surface area (Å²) < 4.78 is 0. The molecule has 5 aromatic rings. The van der Waals surface area contributed by atoms with Crippen LogP contribution in [-0.4, -0.2) is 50.9 Å². The summed E-state index contributed by atoms with van der Waals surface area (Å²) in [7, 11) is 1.81. The van der Waals surface area contributed by atoms with E-state index in [1.165, 1.54) is 21.9 Å². The second kappa shape index (κ2) is 10.3. The average Bonchev–Trinajstić information content (AvgIpc) is 3.73. The molecule has 2 atom stereocenters. The van der Waals surface area contributed by atoms with E-state index in [1.54, 1.807) is 6.33 Å². The first kappa shape index (κ1) is 24.1. The molecule has 0 radical (unpaired) electrons. The summed E-state index contributed by atoms with van der Waals surface area (Å²) in [5, 5.41) is 5.39. The van der Waals surface area contributed by atoms with Crippen molar-refractivity contribution in [3.8, 4) is 33.6 Å². The minimum Gasteiger partial charge on any atom is -0.345 e. The highest BCUT2D eigenvalue weighted by molar-refractivity contribution is 5.90. The van der Waals surface area contributed by atoms with E-state index in [-0.39, 0.29) is 11.9 Å². The maximum atomic E-state index is 12.7. The molecule has 0 aliphatic carbocycles. The number of amides is 1. The molecule has 0 spiro atoms. The number of aromatic nitrogens is 4. The molecule has 38 heavy (non-hydrogen) atoms. The van der Waals surface area contributed by atoms with Gasteiger partial charge in [0.25, 0.3) is 0 Å². The lowest BCUT2D eigenvalue weighted by atomic mass is 9.97. The topological polar surface area (TPSA) is 89.7 Å². The second-order valence-electron chi connectivity index (χ2n) is 10.0. The number of nitrogens with one attached hydrogen (secondary N) is 3. The van der Waals surface area contributed by atoms with Crippen LogP contribution in [0.1, 0.15) is 31.6 Å². The van der Waals surface area contributed by atoms with Crippen LogP contribution < -0.4 is 5.32 Å². The van der Waals surface area contributed by atoms with E-state index in [9.17, 15) is 4.79 Å². The number of rotatable bonds is 7. The Balaban J connectivity index is 1.23. The zero-order valence-electron chi connectivity index (χ0n) is 21.7. The normalized spacial score (nSPS) is 17.4. The van der Waals surface area contributed by atoms with Crippen LogP contribution in [-0.2, 0) is 4.79 Å². The van der Waals surface area contributed by atoms with Gasteiger partial charge in [0.05, 0.1) is 42.7 Å². The number of H-pyrrole nitrogens is 2. The summed E-state index contributed by atoms with van der Waals surface area (Å²) in [5.74, 6) is 1.42. The maximum absolute atomic E-state index is 12.7. The Bertz CT molecular complexity index is 1550. The van der Waals surface area contributed by atoms with E-state index in [4.69, 9.17) is 4.98 Å². The first-order valence-corrected chi connectivity index (χ1v) is 13.3. The smallest absolute Gasteiger partial charge is 0.237 e. The third kappa shape index (κ3) is 4.50. The van der Waals surface area contributed by atoms with Crippen molar-refractivity contribution < 1.29 is 4.79 Å². The molecule has 1 aliphatic heterocycles. The number of likely N-dealkylation sites (N-methyl/N-ethyl adjacent to an activating group) is 1. The highest BCUT2D eigenvalue weighted by Crippen LogP contribution is 2.38. The third-order valence-corrected chi connectivity index (χ3v) is 7.75. The SMILES string of the molecule is CC[C@@H]1CCN(C(=O)CNC)[C@@H]1c1ncc(-c2ccc(-c3ccc4cc(-c5cnc[nH]5)ccc4c3)cc2)[nH]1. The Labute approximate surface area is 222 Å². The largest absolute Gasteiger partial charge is 0.345 e. The first-order valence-electron chi connectivity index (χ1n) is 13.3. The van der Waals surface area contributed by atoms with Crippen molar-refractivity contribution in [2.45, 2.75) is 25.8 Å². The first-order chi connectivity index (χ1) is 18.6. The van der Waals surface area contributed by atoms with Gasteiger partial charge in [0, 0.05) is 12.1 Å². The Kier molecular flexibility index (Phi) is 6.52. The summed E-state index contributed by atoms with van der Waals surface area (Å²) in [6, 6.07) is 21.6. The number of hydrogen-bond donors (Lipinski definition) is 3. The summed E-state index contributed by atoms with van der Waals surface area (Å²) in [4.78, 5) is 30.2. The number of aromatic amines is 2. The van der Waals surface area contributed by atoms with Crippen LogP contribution in [0.2, 0.25) is 0 Å². The molecule has 1 amide bonds. The monoisotopic (exact) mass is 504 g/mol. The van der Waals surface area contributed by atoms with Gasteiger partial charge in [-0.1, -0.05) is 61.9 Å². The molecule has 3 aromatic carbocycles. The lowest BCUT2D eigenvalue weighted by molar-refractivity contribution is -0.131. The fourth-order valence-corrected chi connectivity index (χ4v) is 5.67. The van der Waals surface area contributed by atoms with Gasteiger partial charge in [-0.25, -0.2) is 9.97 Å². The molecule has 7 heteroatoms. The van der Waals surface area contributed by atoms with E-state index in [2.05, 4.69) is 87.9 Å². The Morgan fingerprint density at radius 1 is 0.947 bits per heavy atom. The Hall–Kier alpha value is -4.23. The summed E-state index contributed by atoms with van der Waals surface area (Å²) >= 11 is 0. The molecule has 0 saturated carbocycles. The molecule has 6 rings (SSSR count). The van der Waals surface area contributed by atoms with Gasteiger partial charge in [-0.2, -0.15) is 0 Å². The zero-order chi connectivity index (χ0) is 26.1. The molecule has 1 saturated heterocycles. The van der Waals surface area contributed by atoms with Crippen molar-refractivity contribution in [2.24, 2.45) is 5.92 Å². The van der Waals surface area contributed by atoms with E-state index in [0.29, 0.717) is 12.5 Å². The predicted molar refractivity (Wildman–Crippen MR) is 151 cm³/mol. The molecule has 7 nitrogen and oxygen atoms in total. The number of fused-ring (bicyclic) bond motifs is 1. The highest BCUT2D eigenvalue weighted by atomic mass is 16.2. The number of imidazole rings is 2. The fourth-order valence-electron chi connectivity index (χ4n) is 5.67. The second-order valence-corrected chi connectivity index (χ2v) is 10.0. The van der Waals surface area contributed by atoms with Gasteiger partial charge in [-0.3, -0.25) is 4.79 Å². The van der Waals surface area contributed by atoms with E-state index >= 15 is 0 Å². The molecule has 0 bridgehead atoms. The van der Waals surface area contributed by atoms with Gasteiger partial charge in [0.1, 0.15) is 5.82 Å². The number of carbonyl (C=O) groups is 1. The highest BCUT2D eigenvalue weighted by Gasteiger charge is 2.38. The minimum absolute atomic E-state index is 0.000237. The molecule has 1 aliphatic rings. The van der Waals surface area contributed by atoms with Gasteiger partial charge in [-0.15, -0.1) is 0 Å². The van der Waals surface area contributed by atoms with Gasteiger partial charge in [0.15, 0.2) is 0 Å². The molecule has 2 aromatic heterocycles. The van der Waals surface area contributed by atoms with Crippen LogP contribution in [0.3, 0.4) is 0 Å². The summed E-state index contributed by atoms with van der Waals surface area (Å²) in [6.07, 6.45) is 7.47. The Morgan fingerprint density at radius 3 is 2.37 bits per heavy atom. The van der Waals surface area contributed by atoms with Crippen molar-refractivity contribution in [3.05, 3.63) is 85.2 Å². The zero-order valence-corrected chi connectivity index (χ0v) is 21.7. The van der Waals surface area contributed by atoms with Crippen molar-refractivity contribution in [3.63, 3.8) is 0 Å². The summed E-state index contributed by atoms with van der Waals surface area (Å²) in [5.41, 5.74) is 6.54. The third-order valence-electron chi connectivity index (χ3n) is 7.75. The predicted octanol–water partition coefficient (Wildman–Crippen LogP) is 5.81. The Morgan fingerprint density at radius 2 is 1.66 bits per heavy atom. The van der Waals surface area contributed by atoms with E-state index in [1.807, 2.05) is 24.3 Å². The molecule has 3 heterocycles. The lowest BCUT2D eigenvalue weighted by Crippen LogP contribution is -2.38. The van der Waals surface area contributed by atoms with Gasteiger partial charge in [0.2, 0.25) is 5.91 Å². The average molecular weight is 505 g/mol. The number of benzene rings is 3. The van der Waals surface area contributed by atoms with Crippen molar-refractivity contribution in [1.82, 2.24) is 30.2 Å². The number of carbonyl (C=O) groups excluding carboxylic acids is 1. The molecular formula is C31H32N6O. The number of likely N-dealkylation sites (tertiary alicyclic amines) is 1. The summed E-state index contributed by atoms with van der Waals surface area (Å²) in [6.45, 7) is 3.32. The van der Waals surface area contributed by atoms with Crippen molar-refractivity contribution in [1.29, 1.82) is 0 Å². The van der Waals surface area contributed by atoms with Crippen LogP contribution >= 0.6 is 0 Å². The van der Waals surface area contributed by atoms with Gasteiger partial charge >= 0.3 is 0 Å². The van der Waals surface area contributed by atoms with Gasteiger partial charge in [-0.05, 0) is 59.0 Å². The van der Waals surface area contributed by atoms with Crippen molar-refractivity contribution >= 4 is 16.7 Å². The van der Waals surface area contributed by atoms with Crippen LogP contribution in [0, 0.1) is 5.92 Å². The molecule has 0 unspecified atom stereocenters. The van der Waals surface area contributed by atoms with Crippen LogP contribution in [0.4, 0.5) is 0 Å². The minimum atomic E-state index is 0.000237. The number of hydrogen-bond acceptors (Lipinski definition) is 4. The number of nitrogens with zero attached hydrogens (tertiary/aromatic N) is 3. The van der Waals surface area contributed by atoms with Crippen molar-refractivity contribution in [2.75, 3.05) is 20.1 Å². The van der Waals surface area contributed by atoms with Gasteiger partial charge < -0.3 is 20.2 Å². The molecular weight excluding hydrogens is 472 g/mol. The molecule has 192 valence electrons. The van der Waals surface area contributed by atoms with Crippen LogP contribution in [0.5, 0.6) is 0 Å². The molecule has 3 N–H and O–H groups in total. The van der Waals surface area contributed by atoms with Crippen LogP contribution in [0.15, 0.2) is 79.4 Å². The quantitative estimate of drug-likeness (QED) is 0.261. The maximum Gasteiger partial charge on any atom is 0.237 e. The van der Waals surface area contributed by atoms with E-state index in [0.717, 1.165) is 47.7 Å². The molecule has 1 fully saturated rings. The van der Waals surface area contributed by atoms with E-state index < -0.39 is 0 Å². The lowest BCUT2D eigenvalue weighted by Gasteiger charge is -2.26.